The van der Waals surface area contributed by atoms with E-state index in [0.717, 1.165) is 10.4 Å². The van der Waals surface area contributed by atoms with Gasteiger partial charge >= 0.3 is 0 Å². The third kappa shape index (κ3) is 1.33. The third-order valence-corrected chi connectivity index (χ3v) is 2.75. The number of hydrogen-bond donors (Lipinski definition) is 2. The molecule has 0 fully saturated rings. The van der Waals surface area contributed by atoms with E-state index in [1.165, 1.54) is 11.3 Å². The van der Waals surface area contributed by atoms with Gasteiger partial charge in [-0.25, -0.2) is 0 Å². The molecule has 0 aliphatic heterocycles. The lowest BCUT2D eigenvalue weighted by Crippen LogP contribution is -2.11. The molecule has 0 aliphatic carbocycles. The molecule has 0 unspecified atom stereocenters. The Morgan fingerprint density at radius 2 is 2.17 bits per heavy atom. The Kier molecular flexibility index (Phi) is 2.19. The van der Waals surface area contributed by atoms with Gasteiger partial charge in [-0.05, 0) is 12.5 Å². The van der Waals surface area contributed by atoms with Gasteiger partial charge in [-0.2, -0.15) is 0 Å². The maximum absolute atomic E-state index is 10.8. The Bertz CT molecular complexity index is 309. The van der Waals surface area contributed by atoms with Crippen LogP contribution in [0.2, 0.25) is 0 Å². The minimum atomic E-state index is -0.420. The molecule has 1 heterocycles. The lowest BCUT2D eigenvalue weighted by Gasteiger charge is -1.97. The van der Waals surface area contributed by atoms with Crippen LogP contribution in [0.3, 0.4) is 0 Å². The number of amides is 1. The van der Waals surface area contributed by atoms with Crippen LogP contribution in [0.1, 0.15) is 20.8 Å². The monoisotopic (exact) mass is 182 g/mol. The molecule has 1 amide bonds. The van der Waals surface area contributed by atoms with Gasteiger partial charge in [0.15, 0.2) is 0 Å². The fraction of sp³-hybridized carbons (Fsp3) is 0.125. The maximum atomic E-state index is 10.8. The van der Waals surface area contributed by atoms with Gasteiger partial charge in [0, 0.05) is 11.1 Å². The van der Waals surface area contributed by atoms with Crippen molar-refractivity contribution in [1.82, 2.24) is 0 Å². The van der Waals surface area contributed by atoms with Crippen molar-refractivity contribution in [3.63, 3.8) is 0 Å². The van der Waals surface area contributed by atoms with E-state index in [4.69, 9.17) is 11.5 Å². The van der Waals surface area contributed by atoms with Crippen LogP contribution in [0.15, 0.2) is 12.0 Å². The van der Waals surface area contributed by atoms with E-state index in [1.807, 2.05) is 6.92 Å². The third-order valence-electron chi connectivity index (χ3n) is 1.60. The molecule has 12 heavy (non-hydrogen) atoms. The normalized spacial score (nSPS) is 9.75. The molecule has 64 valence electrons. The van der Waals surface area contributed by atoms with Gasteiger partial charge in [0.05, 0.1) is 10.4 Å². The van der Waals surface area contributed by atoms with Crippen molar-refractivity contribution in [1.29, 1.82) is 0 Å². The smallest absolute Gasteiger partial charge is 0.249 e. The molecule has 3 nitrogen and oxygen atoms in total. The van der Waals surface area contributed by atoms with Crippen LogP contribution in [0.25, 0.3) is 5.70 Å². The van der Waals surface area contributed by atoms with Gasteiger partial charge < -0.3 is 11.5 Å². The zero-order valence-electron chi connectivity index (χ0n) is 6.76. The van der Waals surface area contributed by atoms with Crippen molar-refractivity contribution >= 4 is 22.9 Å². The van der Waals surface area contributed by atoms with Crippen LogP contribution >= 0.6 is 11.3 Å². The highest BCUT2D eigenvalue weighted by molar-refractivity contribution is 7.11. The van der Waals surface area contributed by atoms with Crippen LogP contribution < -0.4 is 11.5 Å². The maximum Gasteiger partial charge on any atom is 0.249 e. The fourth-order valence-corrected chi connectivity index (χ4v) is 1.94. The number of thiophene rings is 1. The minimum Gasteiger partial charge on any atom is -0.398 e. The summed E-state index contributed by atoms with van der Waals surface area (Å²) in [6.07, 6.45) is 0. The van der Waals surface area contributed by atoms with Crippen LogP contribution in [0.4, 0.5) is 0 Å². The van der Waals surface area contributed by atoms with Crippen molar-refractivity contribution in [3.8, 4) is 0 Å². The van der Waals surface area contributed by atoms with E-state index >= 15 is 0 Å². The van der Waals surface area contributed by atoms with Gasteiger partial charge in [-0.15, -0.1) is 11.3 Å². The molecule has 0 radical (unpaired) electrons. The summed E-state index contributed by atoms with van der Waals surface area (Å²) in [5.74, 6) is -0.420. The highest BCUT2D eigenvalue weighted by Crippen LogP contribution is 2.24. The zero-order valence-corrected chi connectivity index (χ0v) is 7.57. The summed E-state index contributed by atoms with van der Waals surface area (Å²) in [5, 5.41) is 1.70. The van der Waals surface area contributed by atoms with Crippen molar-refractivity contribution in [2.24, 2.45) is 11.5 Å². The highest BCUT2D eigenvalue weighted by Gasteiger charge is 2.11. The van der Waals surface area contributed by atoms with Gasteiger partial charge in [0.2, 0.25) is 5.91 Å². The molecular formula is C8H10N2OS. The lowest BCUT2D eigenvalue weighted by atomic mass is 10.1. The zero-order chi connectivity index (χ0) is 9.30. The van der Waals surface area contributed by atoms with Crippen molar-refractivity contribution < 1.29 is 4.79 Å². The summed E-state index contributed by atoms with van der Waals surface area (Å²) in [7, 11) is 0. The average Bonchev–Trinajstić information content (AvgIpc) is 2.30. The molecule has 0 aliphatic rings. The summed E-state index contributed by atoms with van der Waals surface area (Å²) in [6.45, 7) is 5.40. The summed E-state index contributed by atoms with van der Waals surface area (Å²) in [6, 6.07) is 0. The second-order valence-electron chi connectivity index (χ2n) is 2.49. The Labute approximate surface area is 74.7 Å². The molecule has 4 N–H and O–H groups in total. The number of hydrogen-bond acceptors (Lipinski definition) is 3. The number of carbonyl (C=O) groups excluding carboxylic acids is 1. The molecule has 0 atom stereocenters. The van der Waals surface area contributed by atoms with Crippen LogP contribution in [-0.4, -0.2) is 5.91 Å². The first-order valence-corrected chi connectivity index (χ1v) is 4.24. The SMILES string of the molecule is C=C(N)c1scc(C(N)=O)c1C. The Hall–Kier alpha value is -1.29. The van der Waals surface area contributed by atoms with Gasteiger partial charge in [0.25, 0.3) is 0 Å². The summed E-state index contributed by atoms with van der Waals surface area (Å²) >= 11 is 1.39. The topological polar surface area (TPSA) is 69.1 Å². The van der Waals surface area contributed by atoms with Gasteiger partial charge in [0.1, 0.15) is 0 Å². The largest absolute Gasteiger partial charge is 0.398 e. The second kappa shape index (κ2) is 2.98. The Morgan fingerprint density at radius 3 is 2.42 bits per heavy atom. The van der Waals surface area contributed by atoms with E-state index in [9.17, 15) is 4.79 Å². The van der Waals surface area contributed by atoms with E-state index in [1.54, 1.807) is 5.38 Å². The van der Waals surface area contributed by atoms with E-state index in [2.05, 4.69) is 6.58 Å². The summed E-state index contributed by atoms with van der Waals surface area (Å²) < 4.78 is 0. The molecule has 1 aromatic rings. The van der Waals surface area contributed by atoms with Crippen molar-refractivity contribution in [3.05, 3.63) is 28.0 Å². The van der Waals surface area contributed by atoms with Gasteiger partial charge in [-0.3, -0.25) is 4.79 Å². The van der Waals surface area contributed by atoms with Crippen molar-refractivity contribution in [2.75, 3.05) is 0 Å². The summed E-state index contributed by atoms with van der Waals surface area (Å²) in [5.41, 5.74) is 12.4. The molecule has 0 saturated heterocycles. The first-order valence-electron chi connectivity index (χ1n) is 3.36. The molecule has 0 saturated carbocycles. The highest BCUT2D eigenvalue weighted by atomic mass is 32.1. The Morgan fingerprint density at radius 1 is 1.58 bits per heavy atom. The second-order valence-corrected chi connectivity index (χ2v) is 3.37. The van der Waals surface area contributed by atoms with Crippen LogP contribution in [0.5, 0.6) is 0 Å². The summed E-state index contributed by atoms with van der Waals surface area (Å²) in [4.78, 5) is 11.7. The number of nitrogens with two attached hydrogens (primary N) is 2. The molecule has 0 bridgehead atoms. The van der Waals surface area contributed by atoms with Crippen LogP contribution in [-0.2, 0) is 0 Å². The predicted octanol–water partition coefficient (Wildman–Crippen LogP) is 1.08. The van der Waals surface area contributed by atoms with E-state index < -0.39 is 5.91 Å². The number of primary amides is 1. The van der Waals surface area contributed by atoms with Crippen molar-refractivity contribution in [2.45, 2.75) is 6.92 Å². The fourth-order valence-electron chi connectivity index (χ4n) is 0.976. The van der Waals surface area contributed by atoms with Crippen LogP contribution in [0, 0.1) is 6.92 Å². The first-order chi connectivity index (χ1) is 5.54. The molecule has 0 spiro atoms. The Balaban J connectivity index is 3.22. The molecule has 4 heteroatoms. The standard InChI is InChI=1S/C8H10N2OS/c1-4-6(8(10)11)3-12-7(4)5(2)9/h3H,2,9H2,1H3,(H2,10,11). The van der Waals surface area contributed by atoms with E-state index in [-0.39, 0.29) is 0 Å². The van der Waals surface area contributed by atoms with Gasteiger partial charge in [-0.1, -0.05) is 6.58 Å². The molecule has 1 rings (SSSR count). The molecular weight excluding hydrogens is 172 g/mol. The number of carbonyl (C=O) groups is 1. The molecule has 1 aromatic heterocycles. The first kappa shape index (κ1) is 8.80. The number of rotatable bonds is 2. The lowest BCUT2D eigenvalue weighted by molar-refractivity contribution is 0.1000. The average molecular weight is 182 g/mol. The predicted molar refractivity (Wildman–Crippen MR) is 50.8 cm³/mol. The quantitative estimate of drug-likeness (QED) is 0.718. The van der Waals surface area contributed by atoms with E-state index in [0.29, 0.717) is 11.3 Å². The molecule has 0 aromatic carbocycles. The minimum absolute atomic E-state index is 0.420.